The number of nitrogens with two attached hydrogens (primary N) is 1. The number of hydrogen-bond acceptors (Lipinski definition) is 4. The molecular weight excluding hydrogens is 316 g/mol. The van der Waals surface area contributed by atoms with Gasteiger partial charge in [0.25, 0.3) is 5.91 Å². The molecule has 0 atom stereocenters. The van der Waals surface area contributed by atoms with Crippen LogP contribution in [0.15, 0.2) is 23.1 Å². The Kier molecular flexibility index (Phi) is 6.60. The molecule has 2 N–H and O–H groups in total. The standard InChI is InChI=1S/C13H19ClN2O4S/c1-3-16(5-6-20-4-2)13(17)10-7-11(14)9-12(8-10)21(15,18)19/h7-9H,3-6H2,1-2H3,(H2,15,18,19). The van der Waals surface area contributed by atoms with Crippen molar-refractivity contribution in [1.29, 1.82) is 0 Å². The van der Waals surface area contributed by atoms with Crippen LogP contribution in [0, 0.1) is 0 Å². The molecular formula is C13H19ClN2O4S. The van der Waals surface area contributed by atoms with Crippen molar-refractivity contribution in [2.45, 2.75) is 18.7 Å². The molecule has 1 amide bonds. The fourth-order valence-electron chi connectivity index (χ4n) is 1.76. The zero-order chi connectivity index (χ0) is 16.0. The summed E-state index contributed by atoms with van der Waals surface area (Å²) in [5, 5.41) is 5.21. The summed E-state index contributed by atoms with van der Waals surface area (Å²) in [6.07, 6.45) is 0. The van der Waals surface area contributed by atoms with Crippen molar-refractivity contribution >= 4 is 27.5 Å². The molecule has 0 aliphatic rings. The number of ether oxygens (including phenoxy) is 1. The van der Waals surface area contributed by atoms with Crippen molar-refractivity contribution in [3.05, 3.63) is 28.8 Å². The third-order valence-electron chi connectivity index (χ3n) is 2.83. The summed E-state index contributed by atoms with van der Waals surface area (Å²) in [6.45, 7) is 5.57. The van der Waals surface area contributed by atoms with Gasteiger partial charge in [-0.1, -0.05) is 11.6 Å². The van der Waals surface area contributed by atoms with Gasteiger partial charge in [-0.15, -0.1) is 0 Å². The molecule has 0 fully saturated rings. The summed E-state index contributed by atoms with van der Waals surface area (Å²) < 4.78 is 28.0. The Morgan fingerprint density at radius 3 is 2.52 bits per heavy atom. The van der Waals surface area contributed by atoms with Crippen molar-refractivity contribution in [3.63, 3.8) is 0 Å². The highest BCUT2D eigenvalue weighted by molar-refractivity contribution is 7.89. The third kappa shape index (κ3) is 5.28. The van der Waals surface area contributed by atoms with Gasteiger partial charge in [0.1, 0.15) is 0 Å². The Bertz CT molecular complexity index is 604. The van der Waals surface area contributed by atoms with E-state index in [4.69, 9.17) is 21.5 Å². The minimum atomic E-state index is -3.91. The lowest BCUT2D eigenvalue weighted by Crippen LogP contribution is -2.34. The summed E-state index contributed by atoms with van der Waals surface area (Å²) in [5.74, 6) is -0.315. The second-order valence-electron chi connectivity index (χ2n) is 4.30. The number of nitrogens with zero attached hydrogens (tertiary/aromatic N) is 1. The zero-order valence-electron chi connectivity index (χ0n) is 12.0. The maximum atomic E-state index is 12.4. The molecule has 6 nitrogen and oxygen atoms in total. The predicted octanol–water partition coefficient (Wildman–Crippen LogP) is 1.49. The Morgan fingerprint density at radius 1 is 1.33 bits per heavy atom. The lowest BCUT2D eigenvalue weighted by molar-refractivity contribution is 0.0669. The van der Waals surface area contributed by atoms with Crippen molar-refractivity contribution in [2.24, 2.45) is 5.14 Å². The number of hydrogen-bond donors (Lipinski definition) is 1. The molecule has 0 aliphatic carbocycles. The Morgan fingerprint density at radius 2 is 2.00 bits per heavy atom. The first-order chi connectivity index (χ1) is 9.79. The maximum absolute atomic E-state index is 12.4. The van der Waals surface area contributed by atoms with E-state index in [1.807, 2.05) is 13.8 Å². The van der Waals surface area contributed by atoms with E-state index >= 15 is 0 Å². The SMILES string of the molecule is CCOCCN(CC)C(=O)c1cc(Cl)cc(S(N)(=O)=O)c1. The minimum Gasteiger partial charge on any atom is -0.380 e. The van der Waals surface area contributed by atoms with Gasteiger partial charge < -0.3 is 9.64 Å². The molecule has 0 aromatic heterocycles. The fourth-order valence-corrected chi connectivity index (χ4v) is 2.64. The van der Waals surface area contributed by atoms with Crippen molar-refractivity contribution < 1.29 is 17.9 Å². The van der Waals surface area contributed by atoms with E-state index in [1.165, 1.54) is 18.2 Å². The summed E-state index contributed by atoms with van der Waals surface area (Å²) in [6, 6.07) is 3.86. The molecule has 0 spiro atoms. The number of rotatable bonds is 7. The van der Waals surface area contributed by atoms with Crippen molar-refractivity contribution in [1.82, 2.24) is 4.90 Å². The number of amides is 1. The predicted molar refractivity (Wildman–Crippen MR) is 80.9 cm³/mol. The average molecular weight is 335 g/mol. The summed E-state index contributed by atoms with van der Waals surface area (Å²) in [7, 11) is -3.91. The van der Waals surface area contributed by atoms with Crippen LogP contribution in [0.5, 0.6) is 0 Å². The second-order valence-corrected chi connectivity index (χ2v) is 6.30. The van der Waals surface area contributed by atoms with E-state index in [0.717, 1.165) is 0 Å². The fraction of sp³-hybridized carbons (Fsp3) is 0.462. The zero-order valence-corrected chi connectivity index (χ0v) is 13.6. The molecule has 0 radical (unpaired) electrons. The quantitative estimate of drug-likeness (QED) is 0.765. The number of primary sulfonamides is 1. The highest BCUT2D eigenvalue weighted by Crippen LogP contribution is 2.19. The minimum absolute atomic E-state index is 0.144. The summed E-state index contributed by atoms with van der Waals surface area (Å²) in [4.78, 5) is 13.7. The molecule has 1 rings (SSSR count). The molecule has 21 heavy (non-hydrogen) atoms. The highest BCUT2D eigenvalue weighted by atomic mass is 35.5. The highest BCUT2D eigenvalue weighted by Gasteiger charge is 2.18. The van der Waals surface area contributed by atoms with Crippen molar-refractivity contribution in [3.8, 4) is 0 Å². The van der Waals surface area contributed by atoms with Crippen molar-refractivity contribution in [2.75, 3.05) is 26.3 Å². The molecule has 0 aliphatic heterocycles. The van der Waals surface area contributed by atoms with Gasteiger partial charge in [0.2, 0.25) is 10.0 Å². The molecule has 0 saturated carbocycles. The molecule has 0 unspecified atom stereocenters. The lowest BCUT2D eigenvalue weighted by Gasteiger charge is -2.21. The number of likely N-dealkylation sites (N-methyl/N-ethyl adjacent to an activating group) is 1. The van der Waals surface area contributed by atoms with Gasteiger partial charge in [0.15, 0.2) is 0 Å². The largest absolute Gasteiger partial charge is 0.380 e. The average Bonchev–Trinajstić information content (AvgIpc) is 2.41. The van der Waals surface area contributed by atoms with Gasteiger partial charge in [-0.25, -0.2) is 13.6 Å². The van der Waals surface area contributed by atoms with Crippen LogP contribution < -0.4 is 5.14 Å². The van der Waals surface area contributed by atoms with Gasteiger partial charge in [-0.2, -0.15) is 0 Å². The normalized spacial score (nSPS) is 11.4. The van der Waals surface area contributed by atoms with Gasteiger partial charge >= 0.3 is 0 Å². The van der Waals surface area contributed by atoms with Gasteiger partial charge in [0.05, 0.1) is 11.5 Å². The smallest absolute Gasteiger partial charge is 0.254 e. The maximum Gasteiger partial charge on any atom is 0.254 e. The molecule has 0 bridgehead atoms. The van der Waals surface area contributed by atoms with Crippen LogP contribution in [0.4, 0.5) is 0 Å². The third-order valence-corrected chi connectivity index (χ3v) is 3.94. The van der Waals surface area contributed by atoms with E-state index in [9.17, 15) is 13.2 Å². The van der Waals surface area contributed by atoms with Crippen LogP contribution in [-0.2, 0) is 14.8 Å². The summed E-state index contributed by atoms with van der Waals surface area (Å²) in [5.41, 5.74) is 0.185. The first-order valence-corrected chi connectivity index (χ1v) is 8.42. The van der Waals surface area contributed by atoms with Gasteiger partial charge in [0, 0.05) is 30.3 Å². The van der Waals surface area contributed by atoms with E-state index in [2.05, 4.69) is 0 Å². The first kappa shape index (κ1) is 17.9. The molecule has 0 saturated heterocycles. The van der Waals surface area contributed by atoms with Gasteiger partial charge in [-0.3, -0.25) is 4.79 Å². The van der Waals surface area contributed by atoms with E-state index in [-0.39, 0.29) is 21.4 Å². The lowest BCUT2D eigenvalue weighted by atomic mass is 10.2. The number of halogens is 1. The van der Waals surface area contributed by atoms with E-state index < -0.39 is 10.0 Å². The van der Waals surface area contributed by atoms with Crippen LogP contribution >= 0.6 is 11.6 Å². The van der Waals surface area contributed by atoms with Crippen LogP contribution in [0.25, 0.3) is 0 Å². The van der Waals surface area contributed by atoms with Gasteiger partial charge in [-0.05, 0) is 32.0 Å². The number of sulfonamides is 1. The van der Waals surface area contributed by atoms with Crippen LogP contribution in [0.2, 0.25) is 5.02 Å². The summed E-state index contributed by atoms with van der Waals surface area (Å²) >= 11 is 5.86. The Hall–Kier alpha value is -1.15. The Balaban J connectivity index is 3.03. The van der Waals surface area contributed by atoms with E-state index in [1.54, 1.807) is 4.90 Å². The first-order valence-electron chi connectivity index (χ1n) is 6.50. The second kappa shape index (κ2) is 7.74. The molecule has 0 heterocycles. The Labute approximate surface area is 129 Å². The van der Waals surface area contributed by atoms with Crippen LogP contribution in [0.3, 0.4) is 0 Å². The number of carbonyl (C=O) groups excluding carboxylic acids is 1. The topological polar surface area (TPSA) is 89.7 Å². The molecule has 8 heteroatoms. The van der Waals surface area contributed by atoms with Crippen LogP contribution in [0.1, 0.15) is 24.2 Å². The number of benzene rings is 1. The van der Waals surface area contributed by atoms with Crippen LogP contribution in [-0.4, -0.2) is 45.5 Å². The molecule has 1 aromatic rings. The monoisotopic (exact) mass is 334 g/mol. The number of carbonyl (C=O) groups is 1. The molecule has 1 aromatic carbocycles. The van der Waals surface area contributed by atoms with E-state index in [0.29, 0.717) is 26.3 Å². The molecule has 118 valence electrons.